The minimum atomic E-state index is -0.232. The average Bonchev–Trinajstić information content (AvgIpc) is 2.71. The number of rotatable bonds is 6. The van der Waals surface area contributed by atoms with Crippen molar-refractivity contribution in [2.75, 3.05) is 26.7 Å². The maximum absolute atomic E-state index is 13.8. The fourth-order valence-electron chi connectivity index (χ4n) is 3.51. The molecule has 0 radical (unpaired) electrons. The molecule has 2 N–H and O–H groups in total. The molecule has 1 heterocycles. The van der Waals surface area contributed by atoms with Crippen LogP contribution in [0.2, 0.25) is 0 Å². The molecule has 28 heavy (non-hydrogen) atoms. The maximum atomic E-state index is 13.8. The Balaban J connectivity index is 1.38. The Morgan fingerprint density at radius 1 is 1.07 bits per heavy atom. The number of hydrogen-bond donors (Lipinski definition) is 2. The summed E-state index contributed by atoms with van der Waals surface area (Å²) in [4.78, 5) is 6.55. The van der Waals surface area contributed by atoms with Gasteiger partial charge in [0.1, 0.15) is 11.6 Å². The minimum Gasteiger partial charge on any atom is -0.356 e. The number of nitrogens with zero attached hydrogens (tertiary/aromatic N) is 2. The first-order chi connectivity index (χ1) is 13.6. The van der Waals surface area contributed by atoms with Crippen LogP contribution >= 0.6 is 0 Å². The number of hydrogen-bond acceptors (Lipinski definition) is 2. The van der Waals surface area contributed by atoms with E-state index in [1.54, 1.807) is 19.2 Å². The van der Waals surface area contributed by atoms with E-state index < -0.39 is 0 Å². The Bertz CT molecular complexity index is 786. The molecular weight excluding hydrogens is 358 g/mol. The highest BCUT2D eigenvalue weighted by Crippen LogP contribution is 2.19. The van der Waals surface area contributed by atoms with Gasteiger partial charge in [0.2, 0.25) is 0 Å². The van der Waals surface area contributed by atoms with Crippen molar-refractivity contribution in [2.24, 2.45) is 10.9 Å². The highest BCUT2D eigenvalue weighted by atomic mass is 19.1. The first kappa shape index (κ1) is 20.3. The van der Waals surface area contributed by atoms with E-state index in [1.165, 1.54) is 18.2 Å². The van der Waals surface area contributed by atoms with Gasteiger partial charge >= 0.3 is 0 Å². The molecule has 6 heteroatoms. The van der Waals surface area contributed by atoms with E-state index in [1.807, 2.05) is 18.2 Å². The lowest BCUT2D eigenvalue weighted by atomic mass is 9.96. The molecule has 1 aliphatic heterocycles. The Morgan fingerprint density at radius 3 is 2.57 bits per heavy atom. The van der Waals surface area contributed by atoms with Crippen molar-refractivity contribution in [3.8, 4) is 0 Å². The van der Waals surface area contributed by atoms with E-state index in [-0.39, 0.29) is 11.6 Å². The van der Waals surface area contributed by atoms with Gasteiger partial charge in [0.05, 0.1) is 0 Å². The van der Waals surface area contributed by atoms with Crippen LogP contribution in [-0.4, -0.2) is 37.5 Å². The van der Waals surface area contributed by atoms with Crippen molar-refractivity contribution in [2.45, 2.75) is 25.9 Å². The number of guanidine groups is 1. The van der Waals surface area contributed by atoms with Crippen molar-refractivity contribution in [3.05, 3.63) is 71.3 Å². The van der Waals surface area contributed by atoms with Crippen LogP contribution in [0.1, 0.15) is 24.0 Å². The number of halogens is 2. The van der Waals surface area contributed by atoms with Crippen LogP contribution < -0.4 is 10.6 Å². The Kier molecular flexibility index (Phi) is 7.37. The Labute approximate surface area is 165 Å². The topological polar surface area (TPSA) is 39.7 Å². The quantitative estimate of drug-likeness (QED) is 0.589. The fraction of sp³-hybridized carbons (Fsp3) is 0.409. The van der Waals surface area contributed by atoms with Crippen molar-refractivity contribution >= 4 is 5.96 Å². The van der Waals surface area contributed by atoms with E-state index in [2.05, 4.69) is 20.5 Å². The molecule has 1 fully saturated rings. The van der Waals surface area contributed by atoms with Gasteiger partial charge in [-0.25, -0.2) is 8.78 Å². The van der Waals surface area contributed by atoms with Crippen molar-refractivity contribution in [1.82, 2.24) is 15.5 Å². The summed E-state index contributed by atoms with van der Waals surface area (Å²) in [6.45, 7) is 3.98. The van der Waals surface area contributed by atoms with Gasteiger partial charge in [-0.1, -0.05) is 30.3 Å². The first-order valence-electron chi connectivity index (χ1n) is 9.79. The second-order valence-corrected chi connectivity index (χ2v) is 7.25. The molecule has 0 atom stereocenters. The molecule has 0 unspecified atom stereocenters. The zero-order valence-electron chi connectivity index (χ0n) is 16.3. The van der Waals surface area contributed by atoms with Gasteiger partial charge in [-0.3, -0.25) is 9.89 Å². The monoisotopic (exact) mass is 386 g/mol. The van der Waals surface area contributed by atoms with E-state index in [0.29, 0.717) is 19.0 Å². The van der Waals surface area contributed by atoms with Crippen molar-refractivity contribution in [1.29, 1.82) is 0 Å². The van der Waals surface area contributed by atoms with Crippen molar-refractivity contribution < 1.29 is 8.78 Å². The van der Waals surface area contributed by atoms with Gasteiger partial charge in [0.25, 0.3) is 0 Å². The predicted molar refractivity (Wildman–Crippen MR) is 109 cm³/mol. The molecule has 0 amide bonds. The normalized spacial score (nSPS) is 16.2. The van der Waals surface area contributed by atoms with Crippen LogP contribution in [0.5, 0.6) is 0 Å². The van der Waals surface area contributed by atoms with Crippen LogP contribution in [0, 0.1) is 17.6 Å². The molecule has 0 spiro atoms. The lowest BCUT2D eigenvalue weighted by Gasteiger charge is -2.32. The summed E-state index contributed by atoms with van der Waals surface area (Å²) in [6.07, 6.45) is 2.14. The van der Waals surface area contributed by atoms with Crippen LogP contribution in [0.25, 0.3) is 0 Å². The molecule has 1 aliphatic rings. The van der Waals surface area contributed by atoms with Gasteiger partial charge in [0, 0.05) is 32.2 Å². The molecule has 3 rings (SSSR count). The summed E-state index contributed by atoms with van der Waals surface area (Å²) >= 11 is 0. The van der Waals surface area contributed by atoms with Gasteiger partial charge in [-0.05, 0) is 55.6 Å². The molecule has 0 saturated carbocycles. The first-order valence-corrected chi connectivity index (χ1v) is 9.79. The zero-order valence-corrected chi connectivity index (χ0v) is 16.3. The number of benzene rings is 2. The lowest BCUT2D eigenvalue weighted by molar-refractivity contribution is 0.176. The minimum absolute atomic E-state index is 0.125. The molecule has 2 aromatic rings. The zero-order chi connectivity index (χ0) is 19.8. The average molecular weight is 386 g/mol. The molecule has 1 saturated heterocycles. The maximum Gasteiger partial charge on any atom is 0.191 e. The number of aliphatic imine (C=N–C) groups is 1. The van der Waals surface area contributed by atoms with E-state index in [0.717, 1.165) is 49.6 Å². The number of nitrogens with one attached hydrogen (secondary N) is 2. The smallest absolute Gasteiger partial charge is 0.191 e. The fourth-order valence-corrected chi connectivity index (χ4v) is 3.51. The van der Waals surface area contributed by atoms with E-state index >= 15 is 0 Å². The van der Waals surface area contributed by atoms with Crippen molar-refractivity contribution in [3.63, 3.8) is 0 Å². The van der Waals surface area contributed by atoms with E-state index in [9.17, 15) is 8.78 Å². The summed E-state index contributed by atoms with van der Waals surface area (Å²) in [5.41, 5.74) is 1.64. The third-order valence-electron chi connectivity index (χ3n) is 5.19. The summed E-state index contributed by atoms with van der Waals surface area (Å²) in [5.74, 6) is 0.923. The third-order valence-corrected chi connectivity index (χ3v) is 5.19. The number of piperidine rings is 1. The standard InChI is InChI=1S/C22H28F2N4/c1-25-22(27-15-18-5-4-7-20(23)13-18)26-14-17-9-11-28(12-10-17)16-19-6-2-3-8-21(19)24/h2-8,13,17H,9-12,14-16H2,1H3,(H2,25,26,27). The highest BCUT2D eigenvalue weighted by molar-refractivity contribution is 5.79. The molecule has 0 bridgehead atoms. The van der Waals surface area contributed by atoms with Gasteiger partial charge in [-0.15, -0.1) is 0 Å². The Hall–Kier alpha value is -2.47. The van der Waals surface area contributed by atoms with Crippen LogP contribution in [0.4, 0.5) is 8.78 Å². The largest absolute Gasteiger partial charge is 0.356 e. The van der Waals surface area contributed by atoms with Gasteiger partial charge in [0.15, 0.2) is 5.96 Å². The molecule has 2 aromatic carbocycles. The Morgan fingerprint density at radius 2 is 1.86 bits per heavy atom. The summed E-state index contributed by atoms with van der Waals surface area (Å²) < 4.78 is 27.1. The molecule has 150 valence electrons. The van der Waals surface area contributed by atoms with E-state index in [4.69, 9.17) is 0 Å². The number of likely N-dealkylation sites (tertiary alicyclic amines) is 1. The molecule has 0 aliphatic carbocycles. The third kappa shape index (κ3) is 6.02. The molecular formula is C22H28F2N4. The summed E-state index contributed by atoms with van der Waals surface area (Å²) in [6, 6.07) is 13.5. The highest BCUT2D eigenvalue weighted by Gasteiger charge is 2.20. The predicted octanol–water partition coefficient (Wildman–Crippen LogP) is 3.54. The van der Waals surface area contributed by atoms with Gasteiger partial charge in [-0.2, -0.15) is 0 Å². The molecule has 0 aromatic heterocycles. The van der Waals surface area contributed by atoms with Crippen LogP contribution in [-0.2, 0) is 13.1 Å². The second kappa shape index (κ2) is 10.2. The molecule has 4 nitrogen and oxygen atoms in total. The summed E-state index contributed by atoms with van der Waals surface area (Å²) in [7, 11) is 1.73. The lowest BCUT2D eigenvalue weighted by Crippen LogP contribution is -2.42. The van der Waals surface area contributed by atoms with Crippen LogP contribution in [0.15, 0.2) is 53.5 Å². The summed E-state index contributed by atoms with van der Waals surface area (Å²) in [5, 5.41) is 6.58. The van der Waals surface area contributed by atoms with Gasteiger partial charge < -0.3 is 10.6 Å². The SMILES string of the molecule is CN=C(NCc1cccc(F)c1)NCC1CCN(Cc2ccccc2F)CC1. The second-order valence-electron chi connectivity index (χ2n) is 7.25. The van der Waals surface area contributed by atoms with Crippen LogP contribution in [0.3, 0.4) is 0 Å².